The summed E-state index contributed by atoms with van der Waals surface area (Å²) in [6, 6.07) is 19.5. The summed E-state index contributed by atoms with van der Waals surface area (Å²) in [6.07, 6.45) is 4.76. The van der Waals surface area contributed by atoms with Crippen LogP contribution in [0.5, 0.6) is 0 Å². The fourth-order valence-corrected chi connectivity index (χ4v) is 2.65. The number of nitriles is 1. The van der Waals surface area contributed by atoms with Crippen molar-refractivity contribution in [3.05, 3.63) is 90.1 Å². The average Bonchev–Trinajstić information content (AvgIpc) is 3.15. The Morgan fingerprint density at radius 1 is 1.21 bits per heavy atom. The number of carbonyl (C=O) groups is 1. The van der Waals surface area contributed by atoms with Crippen LogP contribution in [0.2, 0.25) is 0 Å². The van der Waals surface area contributed by atoms with E-state index >= 15 is 0 Å². The van der Waals surface area contributed by atoms with Crippen molar-refractivity contribution >= 4 is 12.0 Å². The van der Waals surface area contributed by atoms with Crippen molar-refractivity contribution in [2.24, 2.45) is 0 Å². The summed E-state index contributed by atoms with van der Waals surface area (Å²) in [5, 5.41) is 14.1. The lowest BCUT2D eigenvalue weighted by Crippen LogP contribution is -2.06. The van der Waals surface area contributed by atoms with E-state index in [9.17, 15) is 10.1 Å². The van der Waals surface area contributed by atoms with Crippen molar-refractivity contribution in [2.45, 2.75) is 6.92 Å². The first-order valence-corrected chi connectivity index (χ1v) is 8.74. The van der Waals surface area contributed by atoms with Gasteiger partial charge in [0.25, 0.3) is 0 Å². The minimum atomic E-state index is -0.690. The lowest BCUT2D eigenvalue weighted by Gasteiger charge is -2.02. The summed E-state index contributed by atoms with van der Waals surface area (Å²) < 4.78 is 6.72. The third-order valence-electron chi connectivity index (χ3n) is 4.06. The van der Waals surface area contributed by atoms with Gasteiger partial charge >= 0.3 is 5.97 Å². The number of aromatic nitrogens is 2. The van der Waals surface area contributed by atoms with Crippen LogP contribution in [0.3, 0.4) is 0 Å². The first-order chi connectivity index (χ1) is 13.6. The molecule has 0 fully saturated rings. The zero-order chi connectivity index (χ0) is 19.9. The lowest BCUT2D eigenvalue weighted by atomic mass is 10.0. The van der Waals surface area contributed by atoms with Gasteiger partial charge in [0.2, 0.25) is 0 Å². The van der Waals surface area contributed by atoms with Crippen LogP contribution >= 0.6 is 0 Å². The monoisotopic (exact) mass is 369 g/mol. The van der Waals surface area contributed by atoms with Gasteiger partial charge in [-0.25, -0.2) is 9.48 Å². The second-order valence-corrected chi connectivity index (χ2v) is 6.14. The molecule has 5 nitrogen and oxygen atoms in total. The van der Waals surface area contributed by atoms with E-state index in [4.69, 9.17) is 4.74 Å². The first-order valence-electron chi connectivity index (χ1n) is 8.74. The molecule has 0 N–H and O–H groups in total. The fraction of sp³-hybridized carbons (Fsp3) is 0.0870. The Kier molecular flexibility index (Phi) is 5.83. The van der Waals surface area contributed by atoms with Gasteiger partial charge in [-0.15, -0.1) is 0 Å². The van der Waals surface area contributed by atoms with Crippen molar-refractivity contribution in [2.75, 3.05) is 6.61 Å². The van der Waals surface area contributed by atoms with Crippen molar-refractivity contribution in [1.82, 2.24) is 9.78 Å². The molecular weight excluding hydrogens is 350 g/mol. The Morgan fingerprint density at radius 2 is 1.93 bits per heavy atom. The summed E-state index contributed by atoms with van der Waals surface area (Å²) in [4.78, 5) is 12.1. The SMILES string of the molecule is C=CCOC(=O)/C(C#N)=C/c1cn(-c2ccccc2)nc1-c1ccc(C)cc1. The number of benzene rings is 2. The highest BCUT2D eigenvalue weighted by molar-refractivity contribution is 5.98. The summed E-state index contributed by atoms with van der Waals surface area (Å²) in [7, 11) is 0. The van der Waals surface area contributed by atoms with Gasteiger partial charge in [0.15, 0.2) is 0 Å². The molecule has 0 atom stereocenters. The Balaban J connectivity index is 2.10. The van der Waals surface area contributed by atoms with Gasteiger partial charge in [0.05, 0.1) is 11.4 Å². The minimum Gasteiger partial charge on any atom is -0.457 e. The van der Waals surface area contributed by atoms with Gasteiger partial charge in [0.1, 0.15) is 18.2 Å². The molecule has 0 aliphatic carbocycles. The molecule has 5 heteroatoms. The van der Waals surface area contributed by atoms with Gasteiger partial charge in [-0.3, -0.25) is 0 Å². The molecule has 0 amide bonds. The van der Waals surface area contributed by atoms with E-state index in [0.29, 0.717) is 11.3 Å². The van der Waals surface area contributed by atoms with Crippen LogP contribution in [-0.4, -0.2) is 22.4 Å². The number of carbonyl (C=O) groups excluding carboxylic acids is 1. The second kappa shape index (κ2) is 8.65. The number of hydrogen-bond acceptors (Lipinski definition) is 4. The van der Waals surface area contributed by atoms with Gasteiger partial charge in [-0.2, -0.15) is 10.4 Å². The van der Waals surface area contributed by atoms with E-state index in [1.54, 1.807) is 10.9 Å². The molecule has 0 spiro atoms. The van der Waals surface area contributed by atoms with Crippen molar-refractivity contribution in [1.29, 1.82) is 5.26 Å². The van der Waals surface area contributed by atoms with Crippen LogP contribution in [0.4, 0.5) is 0 Å². The third-order valence-corrected chi connectivity index (χ3v) is 4.06. The Labute approximate surface area is 163 Å². The molecular formula is C23H19N3O2. The third kappa shape index (κ3) is 4.25. The molecule has 0 radical (unpaired) electrons. The molecule has 2 aromatic carbocycles. The molecule has 0 saturated heterocycles. The lowest BCUT2D eigenvalue weighted by molar-refractivity contribution is -0.137. The van der Waals surface area contributed by atoms with E-state index in [1.807, 2.05) is 67.6 Å². The second-order valence-electron chi connectivity index (χ2n) is 6.14. The number of para-hydroxylation sites is 1. The topological polar surface area (TPSA) is 67.9 Å². The number of aryl methyl sites for hydroxylation is 1. The Bertz CT molecular complexity index is 1060. The van der Waals surface area contributed by atoms with Crippen LogP contribution in [0.15, 0.2) is 79.0 Å². The predicted octanol–water partition coefficient (Wildman–Crippen LogP) is 4.48. The molecule has 3 rings (SSSR count). The standard InChI is InChI=1S/C23H19N3O2/c1-3-13-28-23(27)19(15-24)14-20-16-26(21-7-5-4-6-8-21)25-22(20)18-11-9-17(2)10-12-18/h3-12,14,16H,1,13H2,2H3/b19-14+. The molecule has 0 aliphatic rings. The summed E-state index contributed by atoms with van der Waals surface area (Å²) >= 11 is 0. The fourth-order valence-electron chi connectivity index (χ4n) is 2.65. The molecule has 138 valence electrons. The van der Waals surface area contributed by atoms with Crippen molar-refractivity contribution in [3.63, 3.8) is 0 Å². The average molecular weight is 369 g/mol. The van der Waals surface area contributed by atoms with E-state index < -0.39 is 5.97 Å². The maximum atomic E-state index is 12.1. The van der Waals surface area contributed by atoms with E-state index in [0.717, 1.165) is 16.8 Å². The maximum Gasteiger partial charge on any atom is 0.349 e. The number of nitrogens with zero attached hydrogens (tertiary/aromatic N) is 3. The molecule has 0 unspecified atom stereocenters. The van der Waals surface area contributed by atoms with Crippen LogP contribution in [-0.2, 0) is 9.53 Å². The Hall–Kier alpha value is -3.91. The van der Waals surface area contributed by atoms with Crippen LogP contribution in [0.1, 0.15) is 11.1 Å². The van der Waals surface area contributed by atoms with Crippen LogP contribution in [0.25, 0.3) is 23.0 Å². The molecule has 1 heterocycles. The normalized spacial score (nSPS) is 10.9. The van der Waals surface area contributed by atoms with E-state index in [-0.39, 0.29) is 12.2 Å². The van der Waals surface area contributed by atoms with Crippen molar-refractivity contribution < 1.29 is 9.53 Å². The maximum absolute atomic E-state index is 12.1. The summed E-state index contributed by atoms with van der Waals surface area (Å²) in [5.41, 5.74) is 4.14. The molecule has 0 aliphatic heterocycles. The van der Waals surface area contributed by atoms with Crippen molar-refractivity contribution in [3.8, 4) is 23.0 Å². The largest absolute Gasteiger partial charge is 0.457 e. The highest BCUT2D eigenvalue weighted by Crippen LogP contribution is 2.26. The first kappa shape index (κ1) is 18.9. The molecule has 28 heavy (non-hydrogen) atoms. The molecule has 0 saturated carbocycles. The van der Waals surface area contributed by atoms with Gasteiger partial charge in [-0.05, 0) is 25.1 Å². The smallest absolute Gasteiger partial charge is 0.349 e. The number of esters is 1. The molecule has 0 bridgehead atoms. The van der Waals surface area contributed by atoms with Gasteiger partial charge in [0, 0.05) is 17.3 Å². The van der Waals surface area contributed by atoms with Crippen LogP contribution in [0, 0.1) is 18.3 Å². The zero-order valence-corrected chi connectivity index (χ0v) is 15.5. The highest BCUT2D eigenvalue weighted by Gasteiger charge is 2.15. The zero-order valence-electron chi connectivity index (χ0n) is 15.5. The number of hydrogen-bond donors (Lipinski definition) is 0. The van der Waals surface area contributed by atoms with Gasteiger partial charge in [-0.1, -0.05) is 60.7 Å². The number of ether oxygens (including phenoxy) is 1. The quantitative estimate of drug-likeness (QED) is 0.278. The Morgan fingerprint density at radius 3 is 2.57 bits per heavy atom. The number of rotatable bonds is 6. The highest BCUT2D eigenvalue weighted by atomic mass is 16.5. The van der Waals surface area contributed by atoms with Gasteiger partial charge < -0.3 is 4.74 Å². The van der Waals surface area contributed by atoms with Crippen LogP contribution < -0.4 is 0 Å². The molecule has 3 aromatic rings. The predicted molar refractivity (Wildman–Crippen MR) is 108 cm³/mol. The molecule has 1 aromatic heterocycles. The summed E-state index contributed by atoms with van der Waals surface area (Å²) in [6.45, 7) is 5.56. The minimum absolute atomic E-state index is 0.0476. The summed E-state index contributed by atoms with van der Waals surface area (Å²) in [5.74, 6) is -0.690. The van der Waals surface area contributed by atoms with E-state index in [2.05, 4.69) is 11.7 Å². The van der Waals surface area contributed by atoms with E-state index in [1.165, 1.54) is 12.2 Å².